The fourth-order valence-electron chi connectivity index (χ4n) is 1.88. The Morgan fingerprint density at radius 3 is 2.45 bits per heavy atom. The smallest absolute Gasteiger partial charge is 0.298 e. The largest absolute Gasteiger partial charge is 0.302 e. The summed E-state index contributed by atoms with van der Waals surface area (Å²) in [6, 6.07) is 2.65. The van der Waals surface area contributed by atoms with Crippen molar-refractivity contribution in [3.8, 4) is 5.69 Å². The van der Waals surface area contributed by atoms with Crippen LogP contribution in [0.15, 0.2) is 40.6 Å². The van der Waals surface area contributed by atoms with Crippen LogP contribution in [0, 0.1) is 6.92 Å². The van der Waals surface area contributed by atoms with Gasteiger partial charge in [-0.2, -0.15) is 13.0 Å². The number of aromatic nitrogens is 2. The molecule has 0 saturated carbocycles. The van der Waals surface area contributed by atoms with Crippen LogP contribution in [0.2, 0.25) is 0 Å². The Morgan fingerprint density at radius 1 is 1.35 bits per heavy atom. The summed E-state index contributed by atoms with van der Waals surface area (Å²) in [6.07, 6.45) is 4.68. The number of nitrogens with zero attached hydrogens (tertiary/aromatic N) is 2. The molecule has 1 heterocycles. The SMILES string of the molecule is Cc1cc(S(=O)O)c(-n2cc[n+](C)c2)c(S(=O)(=O)O)c1. The number of hydrogen-bond acceptors (Lipinski definition) is 3. The second-order valence-electron chi connectivity index (χ2n) is 4.32. The molecule has 9 heteroatoms. The van der Waals surface area contributed by atoms with Gasteiger partial charge in [-0.25, -0.2) is 8.78 Å². The molecule has 7 nitrogen and oxygen atoms in total. The minimum Gasteiger partial charge on any atom is -0.302 e. The van der Waals surface area contributed by atoms with Crippen molar-refractivity contribution in [2.45, 2.75) is 16.7 Å². The number of aryl methyl sites for hydroxylation is 2. The Hall–Kier alpha value is -1.55. The van der Waals surface area contributed by atoms with Crippen molar-refractivity contribution in [3.63, 3.8) is 0 Å². The molecule has 0 radical (unpaired) electrons. The first-order valence-corrected chi connectivity index (χ1v) is 8.01. The first-order valence-electron chi connectivity index (χ1n) is 5.47. The first-order chi connectivity index (χ1) is 9.20. The normalized spacial score (nSPS) is 13.4. The second kappa shape index (κ2) is 5.09. The van der Waals surface area contributed by atoms with Crippen molar-refractivity contribution in [1.82, 2.24) is 4.57 Å². The molecule has 1 aromatic carbocycles. The monoisotopic (exact) mass is 317 g/mol. The van der Waals surface area contributed by atoms with Crippen LogP contribution < -0.4 is 4.57 Å². The van der Waals surface area contributed by atoms with Crippen LogP contribution in [-0.4, -0.2) is 26.3 Å². The molecule has 0 aliphatic rings. The molecule has 1 aromatic heterocycles. The lowest BCUT2D eigenvalue weighted by atomic mass is 10.2. The number of hydrogen-bond donors (Lipinski definition) is 2. The Balaban J connectivity index is 2.91. The van der Waals surface area contributed by atoms with Gasteiger partial charge >= 0.3 is 0 Å². The van der Waals surface area contributed by atoms with E-state index in [-0.39, 0.29) is 10.6 Å². The van der Waals surface area contributed by atoms with E-state index in [1.807, 2.05) is 0 Å². The van der Waals surface area contributed by atoms with Gasteiger partial charge in [0.15, 0.2) is 16.8 Å². The van der Waals surface area contributed by atoms with Crippen molar-refractivity contribution < 1.29 is 26.3 Å². The van der Waals surface area contributed by atoms with E-state index in [2.05, 4.69) is 0 Å². The molecule has 2 rings (SSSR count). The lowest BCUT2D eigenvalue weighted by Gasteiger charge is -2.09. The third-order valence-electron chi connectivity index (χ3n) is 2.68. The Morgan fingerprint density at radius 2 is 2.00 bits per heavy atom. The minimum atomic E-state index is -4.53. The molecule has 1 atom stereocenters. The first kappa shape index (κ1) is 14.9. The van der Waals surface area contributed by atoms with Gasteiger partial charge in [-0.05, 0) is 24.6 Å². The van der Waals surface area contributed by atoms with E-state index in [9.17, 15) is 21.7 Å². The molecule has 20 heavy (non-hydrogen) atoms. The van der Waals surface area contributed by atoms with Gasteiger partial charge in [0, 0.05) is 0 Å². The molecular weight excluding hydrogens is 304 g/mol. The van der Waals surface area contributed by atoms with E-state index < -0.39 is 26.1 Å². The summed E-state index contributed by atoms with van der Waals surface area (Å²) in [5.41, 5.74) is 0.412. The Kier molecular flexibility index (Phi) is 3.78. The van der Waals surface area contributed by atoms with Gasteiger partial charge in [-0.1, -0.05) is 0 Å². The highest BCUT2D eigenvalue weighted by Gasteiger charge is 2.27. The van der Waals surface area contributed by atoms with Gasteiger partial charge < -0.3 is 4.55 Å². The predicted molar refractivity (Wildman–Crippen MR) is 70.5 cm³/mol. The summed E-state index contributed by atoms with van der Waals surface area (Å²) in [5, 5.41) is 0. The van der Waals surface area contributed by atoms with Crippen molar-refractivity contribution in [3.05, 3.63) is 36.4 Å². The Bertz CT molecular complexity index is 795. The van der Waals surface area contributed by atoms with Crippen LogP contribution in [0.25, 0.3) is 5.69 Å². The predicted octanol–water partition coefficient (Wildman–Crippen LogP) is 0.438. The van der Waals surface area contributed by atoms with E-state index in [0.29, 0.717) is 5.56 Å². The highest BCUT2D eigenvalue weighted by Crippen LogP contribution is 2.27. The lowest BCUT2D eigenvalue weighted by molar-refractivity contribution is -0.670. The highest BCUT2D eigenvalue weighted by atomic mass is 32.2. The fraction of sp³-hybridized carbons (Fsp3) is 0.182. The number of imidazole rings is 1. The standard InChI is InChI=1S/C11H12N2O5S2/c1-8-5-9(19(14)15)11(10(6-8)20(16,17)18)13-4-3-12(2)7-13/h3-7H,1-2H3,(H-,14,15,16,17,18)/p+1. The summed E-state index contributed by atoms with van der Waals surface area (Å²) in [5.74, 6) is 0. The molecule has 1 unspecified atom stereocenters. The van der Waals surface area contributed by atoms with Crippen molar-refractivity contribution in [1.29, 1.82) is 0 Å². The maximum atomic E-state index is 11.5. The maximum absolute atomic E-state index is 11.5. The average Bonchev–Trinajstić information content (AvgIpc) is 2.73. The highest BCUT2D eigenvalue weighted by molar-refractivity contribution is 7.86. The van der Waals surface area contributed by atoms with E-state index in [4.69, 9.17) is 0 Å². The molecule has 0 spiro atoms. The lowest BCUT2D eigenvalue weighted by Crippen LogP contribution is -2.24. The van der Waals surface area contributed by atoms with E-state index >= 15 is 0 Å². The topological polar surface area (TPSA) is 100 Å². The molecule has 108 valence electrons. The number of rotatable bonds is 3. The quantitative estimate of drug-likeness (QED) is 0.486. The van der Waals surface area contributed by atoms with Crippen LogP contribution in [-0.2, 0) is 28.2 Å². The molecular formula is C11H13N2O5S2+. The summed E-state index contributed by atoms with van der Waals surface area (Å²) in [4.78, 5) is -0.500. The summed E-state index contributed by atoms with van der Waals surface area (Å²) in [6.45, 7) is 1.57. The Labute approximate surface area is 118 Å². The second-order valence-corrected chi connectivity index (χ2v) is 6.65. The molecule has 0 fully saturated rings. The molecule has 2 N–H and O–H groups in total. The maximum Gasteiger partial charge on any atom is 0.298 e. The molecule has 0 aliphatic heterocycles. The van der Waals surface area contributed by atoms with Gasteiger partial charge in [0.25, 0.3) is 10.1 Å². The van der Waals surface area contributed by atoms with Gasteiger partial charge in [0.05, 0.1) is 7.05 Å². The summed E-state index contributed by atoms with van der Waals surface area (Å²) in [7, 11) is -2.81. The molecule has 0 amide bonds. The van der Waals surface area contributed by atoms with Crippen LogP contribution >= 0.6 is 0 Å². The van der Waals surface area contributed by atoms with E-state index in [1.165, 1.54) is 29.2 Å². The fourth-order valence-corrected chi connectivity index (χ4v) is 3.41. The molecule has 0 saturated heterocycles. The van der Waals surface area contributed by atoms with Crippen molar-refractivity contribution in [2.75, 3.05) is 0 Å². The summed E-state index contributed by atoms with van der Waals surface area (Å²) < 4.78 is 56.2. The molecule has 0 aliphatic carbocycles. The minimum absolute atomic E-state index is 0.0421. The average molecular weight is 317 g/mol. The third-order valence-corrected chi connectivity index (χ3v) is 4.23. The van der Waals surface area contributed by atoms with Crippen molar-refractivity contribution >= 4 is 21.2 Å². The van der Waals surface area contributed by atoms with Gasteiger partial charge in [-0.15, -0.1) is 0 Å². The van der Waals surface area contributed by atoms with Crippen LogP contribution in [0.5, 0.6) is 0 Å². The number of benzene rings is 1. The zero-order valence-electron chi connectivity index (χ0n) is 10.7. The zero-order chi connectivity index (χ0) is 15.1. The van der Waals surface area contributed by atoms with Crippen LogP contribution in [0.4, 0.5) is 0 Å². The van der Waals surface area contributed by atoms with E-state index in [1.54, 1.807) is 24.7 Å². The molecule has 0 bridgehead atoms. The van der Waals surface area contributed by atoms with Crippen LogP contribution in [0.1, 0.15) is 5.56 Å². The van der Waals surface area contributed by atoms with Crippen LogP contribution in [0.3, 0.4) is 0 Å². The zero-order valence-corrected chi connectivity index (χ0v) is 12.3. The van der Waals surface area contributed by atoms with Gasteiger partial charge in [0.2, 0.25) is 6.33 Å². The van der Waals surface area contributed by atoms with E-state index in [0.717, 1.165) is 0 Å². The molecule has 2 aromatic rings. The van der Waals surface area contributed by atoms with Gasteiger partial charge in [0.1, 0.15) is 22.2 Å². The van der Waals surface area contributed by atoms with Crippen molar-refractivity contribution in [2.24, 2.45) is 7.05 Å². The van der Waals surface area contributed by atoms with Gasteiger partial charge in [-0.3, -0.25) is 4.55 Å². The summed E-state index contributed by atoms with van der Waals surface area (Å²) >= 11 is -2.39. The third kappa shape index (κ3) is 2.80.